The first kappa shape index (κ1) is 20.2. The second kappa shape index (κ2) is 8.71. The summed E-state index contributed by atoms with van der Waals surface area (Å²) in [5.74, 6) is 1.11. The van der Waals surface area contributed by atoms with Crippen LogP contribution in [0.3, 0.4) is 0 Å². The lowest BCUT2D eigenvalue weighted by molar-refractivity contribution is -0.117. The van der Waals surface area contributed by atoms with Crippen molar-refractivity contribution in [2.45, 2.75) is 32.6 Å². The Hall–Kier alpha value is -3.12. The molecule has 0 radical (unpaired) electrons. The number of amides is 2. The first-order valence-electron chi connectivity index (χ1n) is 9.91. The maximum absolute atomic E-state index is 12.3. The Labute approximate surface area is 179 Å². The zero-order chi connectivity index (χ0) is 21.1. The van der Waals surface area contributed by atoms with Crippen LogP contribution in [0.5, 0.6) is 0 Å². The van der Waals surface area contributed by atoms with Gasteiger partial charge >= 0.3 is 0 Å². The molecule has 1 saturated heterocycles. The van der Waals surface area contributed by atoms with Gasteiger partial charge in [-0.05, 0) is 31.5 Å². The molecule has 154 valence electrons. The summed E-state index contributed by atoms with van der Waals surface area (Å²) >= 11 is 6.33. The summed E-state index contributed by atoms with van der Waals surface area (Å²) in [6, 6.07) is 13.2. The maximum atomic E-state index is 12.3. The van der Waals surface area contributed by atoms with E-state index in [0.29, 0.717) is 47.4 Å². The first-order valence-corrected chi connectivity index (χ1v) is 10.3. The van der Waals surface area contributed by atoms with Crippen LogP contribution >= 0.6 is 11.6 Å². The number of carbonyl (C=O) groups is 2. The number of benzene rings is 2. The topological polar surface area (TPSA) is 75.4 Å². The summed E-state index contributed by atoms with van der Waals surface area (Å²) in [6.45, 7) is 2.70. The Kier molecular flexibility index (Phi) is 5.86. The highest BCUT2D eigenvalue weighted by atomic mass is 35.5. The van der Waals surface area contributed by atoms with Crippen LogP contribution in [-0.4, -0.2) is 23.3 Å². The van der Waals surface area contributed by atoms with Crippen LogP contribution in [0.1, 0.15) is 30.7 Å². The minimum Gasteiger partial charge on any atom is -0.441 e. The highest BCUT2D eigenvalue weighted by Crippen LogP contribution is 2.31. The third-order valence-corrected chi connectivity index (χ3v) is 5.35. The largest absolute Gasteiger partial charge is 0.441 e. The molecule has 1 aliphatic heterocycles. The van der Waals surface area contributed by atoms with Gasteiger partial charge in [0.05, 0.1) is 16.9 Å². The maximum Gasteiger partial charge on any atom is 0.227 e. The average Bonchev–Trinajstić information content (AvgIpc) is 3.36. The van der Waals surface area contributed by atoms with Gasteiger partial charge in [0, 0.05) is 37.1 Å². The van der Waals surface area contributed by atoms with Crippen LogP contribution in [0.4, 0.5) is 11.4 Å². The lowest BCUT2D eigenvalue weighted by Crippen LogP contribution is -2.24. The first-order chi connectivity index (χ1) is 14.5. The van der Waals surface area contributed by atoms with Crippen molar-refractivity contribution in [3.05, 3.63) is 65.1 Å². The van der Waals surface area contributed by atoms with Gasteiger partial charge in [-0.2, -0.15) is 0 Å². The van der Waals surface area contributed by atoms with E-state index in [1.54, 1.807) is 29.3 Å². The molecule has 2 amide bonds. The van der Waals surface area contributed by atoms with Crippen molar-refractivity contribution < 1.29 is 14.0 Å². The molecule has 1 aromatic heterocycles. The number of oxazole rings is 1. The van der Waals surface area contributed by atoms with E-state index in [0.717, 1.165) is 12.0 Å². The molecule has 0 aliphatic carbocycles. The normalized spacial score (nSPS) is 13.7. The summed E-state index contributed by atoms with van der Waals surface area (Å²) in [5, 5.41) is 3.27. The van der Waals surface area contributed by atoms with E-state index >= 15 is 0 Å². The molecule has 2 heterocycles. The average molecular weight is 424 g/mol. The van der Waals surface area contributed by atoms with E-state index in [1.807, 2.05) is 31.2 Å². The Bertz CT molecular complexity index is 1080. The standard InChI is InChI=1S/C23H22ClN3O3/c1-15-4-6-16(7-5-15)20-14-25-22(30-20)11-10-21(28)26-17-8-9-19(18(24)13-17)27-12-2-3-23(27)29/h4-9,13-14H,2-3,10-12H2,1H3,(H,26,28). The van der Waals surface area contributed by atoms with Crippen molar-refractivity contribution in [3.8, 4) is 11.3 Å². The van der Waals surface area contributed by atoms with Crippen LogP contribution in [0.2, 0.25) is 5.02 Å². The van der Waals surface area contributed by atoms with Crippen LogP contribution in [0.25, 0.3) is 11.3 Å². The fraction of sp³-hybridized carbons (Fsp3) is 0.261. The molecule has 1 N–H and O–H groups in total. The molecular weight excluding hydrogens is 402 g/mol. The predicted molar refractivity (Wildman–Crippen MR) is 117 cm³/mol. The van der Waals surface area contributed by atoms with E-state index in [2.05, 4.69) is 10.3 Å². The molecule has 2 aromatic carbocycles. The van der Waals surface area contributed by atoms with Crippen molar-refractivity contribution in [1.29, 1.82) is 0 Å². The zero-order valence-corrected chi connectivity index (χ0v) is 17.4. The summed E-state index contributed by atoms with van der Waals surface area (Å²) in [4.78, 5) is 30.2. The molecule has 0 atom stereocenters. The number of nitrogens with one attached hydrogen (secondary N) is 1. The molecule has 1 aliphatic rings. The number of hydrogen-bond acceptors (Lipinski definition) is 4. The zero-order valence-electron chi connectivity index (χ0n) is 16.7. The molecule has 1 fully saturated rings. The van der Waals surface area contributed by atoms with Crippen LogP contribution in [-0.2, 0) is 16.0 Å². The van der Waals surface area contributed by atoms with Crippen molar-refractivity contribution in [3.63, 3.8) is 0 Å². The van der Waals surface area contributed by atoms with Crippen molar-refractivity contribution in [1.82, 2.24) is 4.98 Å². The molecule has 0 bridgehead atoms. The van der Waals surface area contributed by atoms with E-state index in [1.165, 1.54) is 5.56 Å². The van der Waals surface area contributed by atoms with E-state index in [-0.39, 0.29) is 18.2 Å². The van der Waals surface area contributed by atoms with Crippen LogP contribution in [0, 0.1) is 6.92 Å². The molecule has 30 heavy (non-hydrogen) atoms. The number of halogens is 1. The summed E-state index contributed by atoms with van der Waals surface area (Å²) in [6.07, 6.45) is 3.68. The highest BCUT2D eigenvalue weighted by molar-refractivity contribution is 6.34. The number of nitrogens with zero attached hydrogens (tertiary/aromatic N) is 2. The van der Waals surface area contributed by atoms with Gasteiger partial charge in [0.1, 0.15) is 0 Å². The smallest absolute Gasteiger partial charge is 0.227 e. The fourth-order valence-corrected chi connectivity index (χ4v) is 3.71. The van der Waals surface area contributed by atoms with Crippen molar-refractivity contribution >= 4 is 34.8 Å². The summed E-state index contributed by atoms with van der Waals surface area (Å²) in [5.41, 5.74) is 3.40. The monoisotopic (exact) mass is 423 g/mol. The number of aryl methyl sites for hydroxylation is 2. The number of carbonyl (C=O) groups excluding carboxylic acids is 2. The molecule has 3 aromatic rings. The van der Waals surface area contributed by atoms with Gasteiger partial charge in [-0.1, -0.05) is 41.4 Å². The SMILES string of the molecule is Cc1ccc(-c2cnc(CCC(=O)Nc3ccc(N4CCCC4=O)c(Cl)c3)o2)cc1. The molecule has 0 unspecified atom stereocenters. The Morgan fingerprint density at radius 3 is 2.73 bits per heavy atom. The van der Waals surface area contributed by atoms with Gasteiger partial charge in [-0.15, -0.1) is 0 Å². The Morgan fingerprint density at radius 1 is 1.23 bits per heavy atom. The van der Waals surface area contributed by atoms with Gasteiger partial charge in [-0.25, -0.2) is 4.98 Å². The second-order valence-electron chi connectivity index (χ2n) is 7.35. The number of hydrogen-bond donors (Lipinski definition) is 1. The lowest BCUT2D eigenvalue weighted by Gasteiger charge is -2.18. The summed E-state index contributed by atoms with van der Waals surface area (Å²) in [7, 11) is 0. The molecule has 7 heteroatoms. The van der Waals surface area contributed by atoms with Gasteiger partial charge in [0.2, 0.25) is 11.8 Å². The van der Waals surface area contributed by atoms with Crippen LogP contribution < -0.4 is 10.2 Å². The molecule has 6 nitrogen and oxygen atoms in total. The minimum atomic E-state index is -0.161. The number of rotatable bonds is 6. The Balaban J connectivity index is 1.33. The van der Waals surface area contributed by atoms with Gasteiger partial charge in [-0.3, -0.25) is 9.59 Å². The van der Waals surface area contributed by atoms with E-state index in [4.69, 9.17) is 16.0 Å². The van der Waals surface area contributed by atoms with Crippen molar-refractivity contribution in [2.75, 3.05) is 16.8 Å². The number of anilines is 2. The quantitative estimate of drug-likeness (QED) is 0.605. The predicted octanol–water partition coefficient (Wildman–Crippen LogP) is 5.00. The third kappa shape index (κ3) is 4.54. The molecule has 4 rings (SSSR count). The molecule has 0 spiro atoms. The highest BCUT2D eigenvalue weighted by Gasteiger charge is 2.23. The number of aromatic nitrogens is 1. The van der Waals surface area contributed by atoms with Crippen LogP contribution in [0.15, 0.2) is 53.1 Å². The minimum absolute atomic E-state index is 0.0737. The molecule has 0 saturated carbocycles. The van der Waals surface area contributed by atoms with E-state index in [9.17, 15) is 9.59 Å². The van der Waals surface area contributed by atoms with Gasteiger partial charge in [0.15, 0.2) is 11.7 Å². The second-order valence-corrected chi connectivity index (χ2v) is 7.75. The third-order valence-electron chi connectivity index (χ3n) is 5.05. The molecular formula is C23H22ClN3O3. The lowest BCUT2D eigenvalue weighted by atomic mass is 10.1. The van der Waals surface area contributed by atoms with Crippen molar-refractivity contribution in [2.24, 2.45) is 0 Å². The van der Waals surface area contributed by atoms with Gasteiger partial charge in [0.25, 0.3) is 0 Å². The fourth-order valence-electron chi connectivity index (χ4n) is 3.43. The van der Waals surface area contributed by atoms with E-state index < -0.39 is 0 Å². The van der Waals surface area contributed by atoms with Gasteiger partial charge < -0.3 is 14.6 Å². The Morgan fingerprint density at radius 2 is 2.03 bits per heavy atom. The summed E-state index contributed by atoms with van der Waals surface area (Å²) < 4.78 is 5.76.